The lowest BCUT2D eigenvalue weighted by molar-refractivity contribution is 0.111. The molecule has 0 aliphatic heterocycles. The van der Waals surface area contributed by atoms with Gasteiger partial charge in [-0.1, -0.05) is 0 Å². The second kappa shape index (κ2) is 3.72. The van der Waals surface area contributed by atoms with Gasteiger partial charge in [-0.3, -0.25) is 4.79 Å². The van der Waals surface area contributed by atoms with E-state index in [0.717, 1.165) is 6.07 Å². The van der Waals surface area contributed by atoms with E-state index in [1.165, 1.54) is 6.07 Å². The maximum absolute atomic E-state index is 12.2. The monoisotopic (exact) mass is 182 g/mol. The quantitative estimate of drug-likeness (QED) is 0.654. The van der Waals surface area contributed by atoms with Gasteiger partial charge in [0, 0.05) is 0 Å². The van der Waals surface area contributed by atoms with Crippen LogP contribution < -0.4 is 0 Å². The number of hydrogen-bond donors (Lipinski definition) is 0. The minimum atomic E-state index is -2.84. The number of nitriles is 1. The largest absolute Gasteiger partial charge is 0.296 e. The molecule has 1 aromatic heterocycles. The van der Waals surface area contributed by atoms with Crippen molar-refractivity contribution in [1.82, 2.24) is 4.98 Å². The van der Waals surface area contributed by atoms with E-state index in [2.05, 4.69) is 4.98 Å². The summed E-state index contributed by atoms with van der Waals surface area (Å²) in [5.74, 6) is 0. The van der Waals surface area contributed by atoms with E-state index in [0.29, 0.717) is 6.29 Å². The summed E-state index contributed by atoms with van der Waals surface area (Å²) >= 11 is 0. The lowest BCUT2D eigenvalue weighted by Gasteiger charge is -2.00. The van der Waals surface area contributed by atoms with Crippen LogP contribution in [0.1, 0.15) is 28.2 Å². The van der Waals surface area contributed by atoms with Gasteiger partial charge >= 0.3 is 0 Å². The van der Waals surface area contributed by atoms with E-state index in [1.807, 2.05) is 0 Å². The SMILES string of the molecule is N#Cc1ccc(C=O)nc1C(F)F. The molecule has 1 aromatic rings. The van der Waals surface area contributed by atoms with Crippen LogP contribution in [0.5, 0.6) is 0 Å². The molecule has 0 aromatic carbocycles. The molecule has 0 spiro atoms. The third kappa shape index (κ3) is 1.85. The summed E-state index contributed by atoms with van der Waals surface area (Å²) in [5, 5.41) is 8.42. The Morgan fingerprint density at radius 2 is 2.23 bits per heavy atom. The fourth-order valence-electron chi connectivity index (χ4n) is 0.817. The molecule has 5 heteroatoms. The van der Waals surface area contributed by atoms with Gasteiger partial charge in [0.1, 0.15) is 17.5 Å². The zero-order valence-corrected chi connectivity index (χ0v) is 6.37. The van der Waals surface area contributed by atoms with E-state index < -0.39 is 12.1 Å². The lowest BCUT2D eigenvalue weighted by atomic mass is 10.2. The lowest BCUT2D eigenvalue weighted by Crippen LogP contribution is -1.98. The first-order valence-electron chi connectivity index (χ1n) is 3.33. The number of halogens is 2. The number of hydrogen-bond acceptors (Lipinski definition) is 3. The fourth-order valence-corrected chi connectivity index (χ4v) is 0.817. The van der Waals surface area contributed by atoms with Crippen molar-refractivity contribution in [1.29, 1.82) is 5.26 Å². The molecule has 13 heavy (non-hydrogen) atoms. The molecule has 0 aliphatic carbocycles. The molecule has 0 saturated heterocycles. The third-order valence-corrected chi connectivity index (χ3v) is 1.39. The van der Waals surface area contributed by atoms with Gasteiger partial charge in [-0.25, -0.2) is 13.8 Å². The van der Waals surface area contributed by atoms with Crippen LogP contribution in [0.4, 0.5) is 8.78 Å². The molecule has 0 bridgehead atoms. The second-order valence-electron chi connectivity index (χ2n) is 2.20. The Labute approximate surface area is 72.6 Å². The smallest absolute Gasteiger partial charge is 0.281 e. The molecular formula is C8H4F2N2O. The molecule has 1 heterocycles. The van der Waals surface area contributed by atoms with Crippen molar-refractivity contribution in [3.05, 3.63) is 29.1 Å². The Hall–Kier alpha value is -1.83. The molecule has 66 valence electrons. The summed E-state index contributed by atoms with van der Waals surface area (Å²) in [5.41, 5.74) is -0.956. The van der Waals surface area contributed by atoms with Gasteiger partial charge < -0.3 is 0 Å². The molecule has 0 unspecified atom stereocenters. The van der Waals surface area contributed by atoms with Crippen LogP contribution in [0.25, 0.3) is 0 Å². The molecule has 0 fully saturated rings. The molecule has 1 rings (SSSR count). The predicted molar refractivity (Wildman–Crippen MR) is 39.3 cm³/mol. The van der Waals surface area contributed by atoms with Gasteiger partial charge in [-0.05, 0) is 12.1 Å². The Bertz CT molecular complexity index is 371. The van der Waals surface area contributed by atoms with Crippen LogP contribution in [0.15, 0.2) is 12.1 Å². The van der Waals surface area contributed by atoms with Gasteiger partial charge in [0.2, 0.25) is 0 Å². The Morgan fingerprint density at radius 3 is 2.69 bits per heavy atom. The summed E-state index contributed by atoms with van der Waals surface area (Å²) in [6, 6.07) is 3.94. The van der Waals surface area contributed by atoms with Crippen LogP contribution in [0.3, 0.4) is 0 Å². The highest BCUT2D eigenvalue weighted by Crippen LogP contribution is 2.20. The highest BCUT2D eigenvalue weighted by Gasteiger charge is 2.15. The number of pyridine rings is 1. The van der Waals surface area contributed by atoms with Crippen molar-refractivity contribution < 1.29 is 13.6 Å². The molecular weight excluding hydrogens is 178 g/mol. The maximum atomic E-state index is 12.2. The normalized spacial score (nSPS) is 9.69. The topological polar surface area (TPSA) is 53.8 Å². The van der Waals surface area contributed by atoms with E-state index in [1.54, 1.807) is 6.07 Å². The number of rotatable bonds is 2. The molecule has 0 N–H and O–H groups in total. The van der Waals surface area contributed by atoms with Gasteiger partial charge in [0.15, 0.2) is 6.29 Å². The number of carbonyl (C=O) groups excluding carboxylic acids is 1. The zero-order chi connectivity index (χ0) is 9.84. The Morgan fingerprint density at radius 1 is 1.54 bits per heavy atom. The first-order chi connectivity index (χ1) is 6.19. The van der Waals surface area contributed by atoms with Crippen molar-refractivity contribution in [2.24, 2.45) is 0 Å². The van der Waals surface area contributed by atoms with Gasteiger partial charge in [0.25, 0.3) is 6.43 Å². The van der Waals surface area contributed by atoms with Crippen molar-refractivity contribution in [3.8, 4) is 6.07 Å². The highest BCUT2D eigenvalue weighted by atomic mass is 19.3. The minimum absolute atomic E-state index is 0.102. The van der Waals surface area contributed by atoms with Gasteiger partial charge in [0.05, 0.1) is 5.56 Å². The third-order valence-electron chi connectivity index (χ3n) is 1.39. The van der Waals surface area contributed by atoms with Crippen LogP contribution in [-0.2, 0) is 0 Å². The standard InChI is InChI=1S/C8H4F2N2O/c9-8(10)7-5(3-11)1-2-6(4-13)12-7/h1-2,4,8H. The van der Waals surface area contributed by atoms with Gasteiger partial charge in [-0.15, -0.1) is 0 Å². The van der Waals surface area contributed by atoms with Crippen molar-refractivity contribution in [3.63, 3.8) is 0 Å². The van der Waals surface area contributed by atoms with E-state index >= 15 is 0 Å². The van der Waals surface area contributed by atoms with Gasteiger partial charge in [-0.2, -0.15) is 5.26 Å². The molecule has 0 saturated carbocycles. The molecule has 0 atom stereocenters. The number of carbonyl (C=O) groups is 1. The number of aldehydes is 1. The predicted octanol–water partition coefficient (Wildman–Crippen LogP) is 1.70. The molecule has 3 nitrogen and oxygen atoms in total. The second-order valence-corrected chi connectivity index (χ2v) is 2.20. The maximum Gasteiger partial charge on any atom is 0.281 e. The summed E-state index contributed by atoms with van der Waals surface area (Å²) in [6.45, 7) is 0. The first kappa shape index (κ1) is 9.26. The van der Waals surface area contributed by atoms with Crippen molar-refractivity contribution >= 4 is 6.29 Å². The van der Waals surface area contributed by atoms with Crippen LogP contribution in [0, 0.1) is 11.3 Å². The minimum Gasteiger partial charge on any atom is -0.296 e. The average molecular weight is 182 g/mol. The molecule has 0 amide bonds. The summed E-state index contributed by atoms with van der Waals surface area (Å²) < 4.78 is 24.4. The summed E-state index contributed by atoms with van der Waals surface area (Å²) in [7, 11) is 0. The van der Waals surface area contributed by atoms with E-state index in [9.17, 15) is 13.6 Å². The van der Waals surface area contributed by atoms with Crippen molar-refractivity contribution in [2.45, 2.75) is 6.43 Å². The first-order valence-corrected chi connectivity index (χ1v) is 3.33. The highest BCUT2D eigenvalue weighted by molar-refractivity contribution is 5.72. The van der Waals surface area contributed by atoms with Crippen LogP contribution >= 0.6 is 0 Å². The van der Waals surface area contributed by atoms with Crippen LogP contribution in [-0.4, -0.2) is 11.3 Å². The molecule has 0 radical (unpaired) electrons. The summed E-state index contributed by atoms with van der Waals surface area (Å²) in [4.78, 5) is 13.5. The van der Waals surface area contributed by atoms with Crippen molar-refractivity contribution in [2.75, 3.05) is 0 Å². The fraction of sp³-hybridized carbons (Fsp3) is 0.125. The average Bonchev–Trinajstić information content (AvgIpc) is 2.16. The Kier molecular flexibility index (Phi) is 2.65. The summed E-state index contributed by atoms with van der Waals surface area (Å²) in [6.07, 6.45) is -2.48. The van der Waals surface area contributed by atoms with Crippen LogP contribution in [0.2, 0.25) is 0 Å². The van der Waals surface area contributed by atoms with E-state index in [-0.39, 0.29) is 11.3 Å². The number of aromatic nitrogens is 1. The zero-order valence-electron chi connectivity index (χ0n) is 6.37. The Balaban J connectivity index is 3.27. The molecule has 0 aliphatic rings. The number of nitrogens with zero attached hydrogens (tertiary/aromatic N) is 2. The number of alkyl halides is 2. The van der Waals surface area contributed by atoms with E-state index in [4.69, 9.17) is 5.26 Å².